The van der Waals surface area contributed by atoms with Crippen molar-refractivity contribution in [3.8, 4) is 0 Å². The summed E-state index contributed by atoms with van der Waals surface area (Å²) in [4.78, 5) is 36.0. The first-order valence-corrected chi connectivity index (χ1v) is 11.2. The van der Waals surface area contributed by atoms with E-state index in [1.54, 1.807) is 0 Å². The fraction of sp³-hybridized carbons (Fsp3) is 0.857. The third-order valence-corrected chi connectivity index (χ3v) is 5.65. The molecule has 2 aliphatic rings. The number of piperazine rings is 1. The Kier molecular flexibility index (Phi) is 12.0. The van der Waals surface area contributed by atoms with Crippen LogP contribution >= 0.6 is 24.0 Å². The molecule has 2 rings (SSSR count). The molecule has 2 amide bonds. The van der Waals surface area contributed by atoms with Crippen LogP contribution in [0.2, 0.25) is 0 Å². The molecule has 2 aliphatic heterocycles. The van der Waals surface area contributed by atoms with Gasteiger partial charge < -0.3 is 20.4 Å². The molecule has 0 atom stereocenters. The van der Waals surface area contributed by atoms with Gasteiger partial charge in [-0.15, -0.1) is 24.0 Å². The Bertz CT molecular complexity index is 570. The summed E-state index contributed by atoms with van der Waals surface area (Å²) < 4.78 is 0. The molecule has 0 unspecified atom stereocenters. The van der Waals surface area contributed by atoms with Gasteiger partial charge >= 0.3 is 0 Å². The minimum Gasteiger partial charge on any atom is -0.357 e. The highest BCUT2D eigenvalue weighted by atomic mass is 127. The highest BCUT2D eigenvalue weighted by Crippen LogP contribution is 2.16. The summed E-state index contributed by atoms with van der Waals surface area (Å²) in [5.41, 5.74) is -0.542. The molecule has 2 fully saturated rings. The smallest absolute Gasteiger partial charge is 0.236 e. The van der Waals surface area contributed by atoms with Gasteiger partial charge in [0.25, 0.3) is 0 Å². The number of halogens is 1. The van der Waals surface area contributed by atoms with Crippen LogP contribution in [0.15, 0.2) is 4.99 Å². The van der Waals surface area contributed by atoms with E-state index in [9.17, 15) is 9.59 Å². The zero-order valence-corrected chi connectivity index (χ0v) is 21.5. The second kappa shape index (κ2) is 13.3. The van der Waals surface area contributed by atoms with Crippen molar-refractivity contribution in [3.63, 3.8) is 0 Å². The Morgan fingerprint density at radius 3 is 2.03 bits per heavy atom. The number of amides is 2. The average Bonchev–Trinajstić information content (AvgIpc) is 2.72. The third-order valence-electron chi connectivity index (χ3n) is 5.65. The van der Waals surface area contributed by atoms with Crippen LogP contribution in [0, 0.1) is 5.41 Å². The third kappa shape index (κ3) is 8.20. The maximum Gasteiger partial charge on any atom is 0.236 e. The summed E-state index contributed by atoms with van der Waals surface area (Å²) in [6.45, 7) is 15.4. The van der Waals surface area contributed by atoms with Gasteiger partial charge in [-0.2, -0.15) is 0 Å². The number of aliphatic imine (C=N–C) groups is 1. The Balaban J connectivity index is 0.00000450. The van der Waals surface area contributed by atoms with E-state index in [0.717, 1.165) is 64.6 Å². The topological polar surface area (TPSA) is 80.3 Å². The van der Waals surface area contributed by atoms with Crippen LogP contribution in [0.1, 0.15) is 47.0 Å². The van der Waals surface area contributed by atoms with Crippen LogP contribution < -0.4 is 10.6 Å². The van der Waals surface area contributed by atoms with Gasteiger partial charge in [0.05, 0.1) is 18.5 Å². The molecule has 30 heavy (non-hydrogen) atoms. The van der Waals surface area contributed by atoms with E-state index in [1.807, 2.05) is 25.7 Å². The predicted octanol–water partition coefficient (Wildman–Crippen LogP) is 1.36. The Morgan fingerprint density at radius 2 is 1.47 bits per heavy atom. The van der Waals surface area contributed by atoms with E-state index in [4.69, 9.17) is 4.99 Å². The van der Waals surface area contributed by atoms with E-state index in [0.29, 0.717) is 19.6 Å². The van der Waals surface area contributed by atoms with Crippen molar-refractivity contribution in [1.29, 1.82) is 0 Å². The molecule has 0 radical (unpaired) electrons. The van der Waals surface area contributed by atoms with E-state index < -0.39 is 5.41 Å². The largest absolute Gasteiger partial charge is 0.357 e. The van der Waals surface area contributed by atoms with Gasteiger partial charge in [0.2, 0.25) is 11.8 Å². The minimum absolute atomic E-state index is 0. The first-order chi connectivity index (χ1) is 13.9. The van der Waals surface area contributed by atoms with Gasteiger partial charge in [0.15, 0.2) is 5.96 Å². The molecule has 2 saturated heterocycles. The van der Waals surface area contributed by atoms with Crippen molar-refractivity contribution in [1.82, 2.24) is 25.3 Å². The normalized spacial score (nSPS) is 18.6. The summed E-state index contributed by atoms with van der Waals surface area (Å²) in [5.74, 6) is 1.15. The second-order valence-corrected chi connectivity index (χ2v) is 8.62. The highest BCUT2D eigenvalue weighted by molar-refractivity contribution is 14.0. The number of carbonyl (C=O) groups is 2. The van der Waals surface area contributed by atoms with E-state index >= 15 is 0 Å². The molecule has 2 heterocycles. The molecule has 8 nitrogen and oxygen atoms in total. The lowest BCUT2D eigenvalue weighted by atomic mass is 9.92. The number of hydrogen-bond donors (Lipinski definition) is 2. The number of guanidine groups is 1. The molecular weight excluding hydrogens is 495 g/mol. The number of nitrogens with one attached hydrogen (secondary N) is 2. The Labute approximate surface area is 199 Å². The molecule has 0 aromatic carbocycles. The van der Waals surface area contributed by atoms with Crippen LogP contribution in [-0.2, 0) is 9.59 Å². The quantitative estimate of drug-likeness (QED) is 0.292. The van der Waals surface area contributed by atoms with Crippen molar-refractivity contribution in [2.75, 3.05) is 65.4 Å². The standard InChI is InChI=1S/C21H40N6O2.HI/c1-5-22-19(29)21(3,4)17-24-20(23-6-2)27-14-12-25(13-15-27)16-18(28)26-10-8-7-9-11-26;/h5-17H2,1-4H3,(H,22,29)(H,23,24);1H. The molecule has 0 aromatic heterocycles. The molecule has 0 aliphatic carbocycles. The summed E-state index contributed by atoms with van der Waals surface area (Å²) in [6, 6.07) is 0. The highest BCUT2D eigenvalue weighted by Gasteiger charge is 2.28. The number of carbonyl (C=O) groups excluding carboxylic acids is 2. The lowest BCUT2D eigenvalue weighted by Gasteiger charge is -2.37. The van der Waals surface area contributed by atoms with Crippen LogP contribution in [0.5, 0.6) is 0 Å². The first kappa shape index (κ1) is 26.9. The number of nitrogens with zero attached hydrogens (tertiary/aromatic N) is 4. The molecule has 174 valence electrons. The van der Waals surface area contributed by atoms with Crippen molar-refractivity contribution in [2.24, 2.45) is 10.4 Å². The van der Waals surface area contributed by atoms with Crippen LogP contribution in [0.3, 0.4) is 0 Å². The van der Waals surface area contributed by atoms with Crippen LogP contribution in [0.25, 0.3) is 0 Å². The molecule has 0 aromatic rings. The summed E-state index contributed by atoms with van der Waals surface area (Å²) in [6.07, 6.45) is 3.51. The Hall–Kier alpha value is -1.10. The average molecular weight is 537 g/mol. The molecule has 0 saturated carbocycles. The van der Waals surface area contributed by atoms with Gasteiger partial charge in [-0.1, -0.05) is 0 Å². The summed E-state index contributed by atoms with van der Waals surface area (Å²) >= 11 is 0. The fourth-order valence-electron chi connectivity index (χ4n) is 3.72. The van der Waals surface area contributed by atoms with Gasteiger partial charge in [-0.05, 0) is 47.0 Å². The first-order valence-electron chi connectivity index (χ1n) is 11.2. The molecule has 2 N–H and O–H groups in total. The van der Waals surface area contributed by atoms with E-state index in [1.165, 1.54) is 6.42 Å². The molecule has 0 spiro atoms. The molecular formula is C21H41IN6O2. The monoisotopic (exact) mass is 536 g/mol. The summed E-state index contributed by atoms with van der Waals surface area (Å²) in [7, 11) is 0. The summed E-state index contributed by atoms with van der Waals surface area (Å²) in [5, 5.41) is 6.24. The van der Waals surface area contributed by atoms with Crippen molar-refractivity contribution in [2.45, 2.75) is 47.0 Å². The molecule has 9 heteroatoms. The SMILES string of the molecule is CCNC(=O)C(C)(C)CN=C(NCC)N1CCN(CC(=O)N2CCCCC2)CC1.I. The van der Waals surface area contributed by atoms with Crippen LogP contribution in [0.4, 0.5) is 0 Å². The maximum atomic E-state index is 12.5. The lowest BCUT2D eigenvalue weighted by molar-refractivity contribution is -0.133. The van der Waals surface area contributed by atoms with Gasteiger partial charge in [0, 0.05) is 52.4 Å². The number of rotatable bonds is 7. The predicted molar refractivity (Wildman–Crippen MR) is 132 cm³/mol. The van der Waals surface area contributed by atoms with Gasteiger partial charge in [-0.3, -0.25) is 19.5 Å². The number of likely N-dealkylation sites (tertiary alicyclic amines) is 1. The van der Waals surface area contributed by atoms with Crippen molar-refractivity contribution >= 4 is 41.8 Å². The second-order valence-electron chi connectivity index (χ2n) is 8.62. The Morgan fingerprint density at radius 1 is 0.867 bits per heavy atom. The lowest BCUT2D eigenvalue weighted by Crippen LogP contribution is -2.54. The number of piperidine rings is 1. The van der Waals surface area contributed by atoms with Crippen LogP contribution in [-0.4, -0.2) is 97.9 Å². The number of hydrogen-bond acceptors (Lipinski definition) is 4. The van der Waals surface area contributed by atoms with E-state index in [2.05, 4.69) is 27.4 Å². The van der Waals surface area contributed by atoms with Gasteiger partial charge in [0.1, 0.15) is 0 Å². The zero-order valence-electron chi connectivity index (χ0n) is 19.2. The van der Waals surface area contributed by atoms with Crippen molar-refractivity contribution < 1.29 is 9.59 Å². The maximum absolute atomic E-state index is 12.5. The van der Waals surface area contributed by atoms with E-state index in [-0.39, 0.29) is 35.8 Å². The van der Waals surface area contributed by atoms with Gasteiger partial charge in [-0.25, -0.2) is 0 Å². The van der Waals surface area contributed by atoms with Crippen molar-refractivity contribution in [3.05, 3.63) is 0 Å². The zero-order chi connectivity index (χ0) is 21.3. The molecule has 0 bridgehead atoms. The fourth-order valence-corrected chi connectivity index (χ4v) is 3.72. The minimum atomic E-state index is -0.542.